The van der Waals surface area contributed by atoms with Crippen LogP contribution >= 0.6 is 0 Å². The number of aryl methyl sites for hydroxylation is 2. The molecule has 0 unspecified atom stereocenters. The van der Waals surface area contributed by atoms with E-state index < -0.39 is 0 Å². The molecule has 4 heteroatoms. The first-order chi connectivity index (χ1) is 16.1. The van der Waals surface area contributed by atoms with Crippen LogP contribution in [0.15, 0.2) is 60.9 Å². The summed E-state index contributed by atoms with van der Waals surface area (Å²) in [5, 5.41) is 5.51. The van der Waals surface area contributed by atoms with E-state index in [0.717, 1.165) is 43.4 Å². The SMILES string of the molecule is CCCCCc1c(C=CC(=O)N[C@H](C)CCCc2cccnc2)ccc2ccc(OC)cc12. The molecule has 1 amide bonds. The highest BCUT2D eigenvalue weighted by molar-refractivity contribution is 5.94. The fraction of sp³-hybridized carbons (Fsp3) is 0.379. The number of benzene rings is 2. The van der Waals surface area contributed by atoms with Crippen LogP contribution in [0.3, 0.4) is 0 Å². The van der Waals surface area contributed by atoms with Gasteiger partial charge >= 0.3 is 0 Å². The third-order valence-electron chi connectivity index (χ3n) is 6.04. The fourth-order valence-corrected chi connectivity index (χ4v) is 4.18. The molecule has 1 N–H and O–H groups in total. The second-order valence-corrected chi connectivity index (χ2v) is 8.67. The number of methoxy groups -OCH3 is 1. The molecule has 0 spiro atoms. The zero-order valence-electron chi connectivity index (χ0n) is 20.1. The molecule has 3 rings (SSSR count). The number of nitrogens with one attached hydrogen (secondary N) is 1. The summed E-state index contributed by atoms with van der Waals surface area (Å²) < 4.78 is 5.46. The van der Waals surface area contributed by atoms with Gasteiger partial charge < -0.3 is 10.1 Å². The summed E-state index contributed by atoms with van der Waals surface area (Å²) in [6, 6.07) is 14.6. The van der Waals surface area contributed by atoms with E-state index in [-0.39, 0.29) is 11.9 Å². The minimum Gasteiger partial charge on any atom is -0.497 e. The molecule has 0 saturated heterocycles. The highest BCUT2D eigenvalue weighted by Crippen LogP contribution is 2.29. The molecule has 4 nitrogen and oxygen atoms in total. The number of ether oxygens (including phenoxy) is 1. The summed E-state index contributed by atoms with van der Waals surface area (Å²) in [7, 11) is 1.70. The van der Waals surface area contributed by atoms with Crippen LogP contribution < -0.4 is 10.1 Å². The molecule has 1 heterocycles. The van der Waals surface area contributed by atoms with Crippen LogP contribution in [0.4, 0.5) is 0 Å². The molecule has 33 heavy (non-hydrogen) atoms. The molecule has 2 aromatic carbocycles. The summed E-state index contributed by atoms with van der Waals surface area (Å²) in [5.74, 6) is 0.812. The number of aromatic nitrogens is 1. The van der Waals surface area contributed by atoms with Gasteiger partial charge in [0.15, 0.2) is 0 Å². The number of rotatable bonds is 12. The maximum atomic E-state index is 12.6. The van der Waals surface area contributed by atoms with E-state index in [0.29, 0.717) is 0 Å². The van der Waals surface area contributed by atoms with Crippen molar-refractivity contribution in [2.75, 3.05) is 7.11 Å². The highest BCUT2D eigenvalue weighted by Gasteiger charge is 2.09. The van der Waals surface area contributed by atoms with E-state index in [1.165, 1.54) is 34.7 Å². The summed E-state index contributed by atoms with van der Waals surface area (Å²) in [4.78, 5) is 16.7. The van der Waals surface area contributed by atoms with Gasteiger partial charge in [-0.3, -0.25) is 9.78 Å². The number of hydrogen-bond donors (Lipinski definition) is 1. The first-order valence-corrected chi connectivity index (χ1v) is 12.1. The van der Waals surface area contributed by atoms with Gasteiger partial charge in [-0.05, 0) is 90.8 Å². The van der Waals surface area contributed by atoms with Gasteiger partial charge in [-0.25, -0.2) is 0 Å². The van der Waals surface area contributed by atoms with Gasteiger partial charge in [0.05, 0.1) is 7.11 Å². The third-order valence-corrected chi connectivity index (χ3v) is 6.04. The van der Waals surface area contributed by atoms with E-state index in [2.05, 4.69) is 54.5 Å². The van der Waals surface area contributed by atoms with E-state index in [4.69, 9.17) is 4.74 Å². The van der Waals surface area contributed by atoms with Crippen molar-refractivity contribution in [3.63, 3.8) is 0 Å². The van der Waals surface area contributed by atoms with Crippen molar-refractivity contribution in [1.29, 1.82) is 0 Å². The van der Waals surface area contributed by atoms with Crippen molar-refractivity contribution in [3.8, 4) is 5.75 Å². The number of nitrogens with zero attached hydrogens (tertiary/aromatic N) is 1. The molecule has 1 aromatic heterocycles. The van der Waals surface area contributed by atoms with E-state index in [9.17, 15) is 4.79 Å². The molecule has 0 radical (unpaired) electrons. The Morgan fingerprint density at radius 2 is 1.97 bits per heavy atom. The van der Waals surface area contributed by atoms with Crippen molar-refractivity contribution in [2.24, 2.45) is 0 Å². The molecular formula is C29H36N2O2. The largest absolute Gasteiger partial charge is 0.497 e. The van der Waals surface area contributed by atoms with Crippen LogP contribution in [0.5, 0.6) is 5.75 Å². The Morgan fingerprint density at radius 1 is 1.12 bits per heavy atom. The van der Waals surface area contributed by atoms with Crippen molar-refractivity contribution >= 4 is 22.8 Å². The predicted octanol–water partition coefficient (Wildman–Crippen LogP) is 6.52. The lowest BCUT2D eigenvalue weighted by Crippen LogP contribution is -2.31. The Hall–Kier alpha value is -3.14. The van der Waals surface area contributed by atoms with Crippen LogP contribution in [0.2, 0.25) is 0 Å². The van der Waals surface area contributed by atoms with Crippen LogP contribution in [0, 0.1) is 0 Å². The molecule has 3 aromatic rings. The Morgan fingerprint density at radius 3 is 2.73 bits per heavy atom. The molecule has 1 atom stereocenters. The second kappa shape index (κ2) is 12.8. The van der Waals surface area contributed by atoms with Crippen molar-refractivity contribution in [3.05, 3.63) is 77.6 Å². The fourth-order valence-electron chi connectivity index (χ4n) is 4.18. The monoisotopic (exact) mass is 444 g/mol. The summed E-state index contributed by atoms with van der Waals surface area (Å²) in [5.41, 5.74) is 3.62. The third kappa shape index (κ3) is 7.45. The van der Waals surface area contributed by atoms with Gasteiger partial charge in [-0.1, -0.05) is 44.0 Å². The van der Waals surface area contributed by atoms with Gasteiger partial charge in [0.2, 0.25) is 5.91 Å². The van der Waals surface area contributed by atoms with E-state index in [1.807, 2.05) is 24.4 Å². The zero-order valence-corrected chi connectivity index (χ0v) is 20.1. The smallest absolute Gasteiger partial charge is 0.244 e. The van der Waals surface area contributed by atoms with Crippen LogP contribution in [0.1, 0.15) is 62.6 Å². The molecule has 0 saturated carbocycles. The first kappa shape index (κ1) is 24.5. The lowest BCUT2D eigenvalue weighted by atomic mass is 9.94. The average Bonchev–Trinajstić information content (AvgIpc) is 2.83. The lowest BCUT2D eigenvalue weighted by Gasteiger charge is -2.13. The minimum absolute atomic E-state index is 0.0471. The highest BCUT2D eigenvalue weighted by atomic mass is 16.5. The lowest BCUT2D eigenvalue weighted by molar-refractivity contribution is -0.117. The van der Waals surface area contributed by atoms with Gasteiger partial charge in [-0.15, -0.1) is 0 Å². The summed E-state index contributed by atoms with van der Waals surface area (Å²) in [6.07, 6.45) is 14.8. The molecular weight excluding hydrogens is 408 g/mol. The van der Waals surface area contributed by atoms with Crippen LogP contribution in [-0.4, -0.2) is 24.0 Å². The normalized spacial score (nSPS) is 12.2. The van der Waals surface area contributed by atoms with E-state index in [1.54, 1.807) is 19.4 Å². The molecule has 0 aliphatic rings. The van der Waals surface area contributed by atoms with Crippen molar-refractivity contribution in [1.82, 2.24) is 10.3 Å². The van der Waals surface area contributed by atoms with Gasteiger partial charge in [-0.2, -0.15) is 0 Å². The van der Waals surface area contributed by atoms with E-state index >= 15 is 0 Å². The average molecular weight is 445 g/mol. The molecule has 0 aliphatic carbocycles. The number of hydrogen-bond acceptors (Lipinski definition) is 3. The molecule has 174 valence electrons. The van der Waals surface area contributed by atoms with Crippen molar-refractivity contribution in [2.45, 2.75) is 64.8 Å². The molecule has 0 aliphatic heterocycles. The second-order valence-electron chi connectivity index (χ2n) is 8.67. The number of carbonyl (C=O) groups excluding carboxylic acids is 1. The topological polar surface area (TPSA) is 51.2 Å². The Kier molecular flexibility index (Phi) is 9.49. The number of amides is 1. The zero-order chi connectivity index (χ0) is 23.5. The maximum absolute atomic E-state index is 12.6. The number of carbonyl (C=O) groups is 1. The minimum atomic E-state index is -0.0471. The summed E-state index contributed by atoms with van der Waals surface area (Å²) in [6.45, 7) is 4.28. The number of unbranched alkanes of at least 4 members (excludes halogenated alkanes) is 2. The number of fused-ring (bicyclic) bond motifs is 1. The Balaban J connectivity index is 1.65. The molecule has 0 fully saturated rings. The standard InChI is InChI=1S/C29H36N2O2/c1-4-5-6-12-27-24(13-14-25-15-17-26(33-3)20-28(25)27)16-18-29(32)31-22(2)9-7-10-23-11-8-19-30-21-23/h8,11,13-22H,4-7,9-10,12H2,1-3H3,(H,31,32)/t22-/m1/s1. The van der Waals surface area contributed by atoms with Crippen molar-refractivity contribution < 1.29 is 9.53 Å². The van der Waals surface area contributed by atoms with Crippen LogP contribution in [-0.2, 0) is 17.6 Å². The Labute approximate surface area is 198 Å². The maximum Gasteiger partial charge on any atom is 0.244 e. The quantitative estimate of drug-likeness (QED) is 0.256. The predicted molar refractivity (Wildman–Crippen MR) is 138 cm³/mol. The first-order valence-electron chi connectivity index (χ1n) is 12.1. The number of pyridine rings is 1. The van der Waals surface area contributed by atoms with Gasteiger partial charge in [0.25, 0.3) is 0 Å². The van der Waals surface area contributed by atoms with Gasteiger partial charge in [0, 0.05) is 24.5 Å². The van der Waals surface area contributed by atoms with Gasteiger partial charge in [0.1, 0.15) is 5.75 Å². The molecule has 0 bridgehead atoms. The van der Waals surface area contributed by atoms with Crippen LogP contribution in [0.25, 0.3) is 16.8 Å². The summed E-state index contributed by atoms with van der Waals surface area (Å²) >= 11 is 0. The Bertz CT molecular complexity index is 1060.